The zero-order valence-electron chi connectivity index (χ0n) is 11.2. The number of rotatable bonds is 3. The summed E-state index contributed by atoms with van der Waals surface area (Å²) in [6.45, 7) is 2.39. The molecule has 0 radical (unpaired) electrons. The molecule has 1 heterocycles. The van der Waals surface area contributed by atoms with Crippen molar-refractivity contribution in [2.75, 3.05) is 12.1 Å². The van der Waals surface area contributed by atoms with Gasteiger partial charge in [-0.1, -0.05) is 18.1 Å². The number of hydrogen-bond acceptors (Lipinski definition) is 3. The molecule has 1 atom stereocenters. The van der Waals surface area contributed by atoms with Crippen molar-refractivity contribution >= 4 is 5.69 Å². The van der Waals surface area contributed by atoms with Gasteiger partial charge in [-0.25, -0.2) is 0 Å². The van der Waals surface area contributed by atoms with Gasteiger partial charge in [0.2, 0.25) is 6.79 Å². The van der Waals surface area contributed by atoms with Crippen LogP contribution in [0.2, 0.25) is 0 Å². The maximum atomic E-state index is 5.41. The van der Waals surface area contributed by atoms with Crippen LogP contribution in [0.25, 0.3) is 0 Å². The summed E-state index contributed by atoms with van der Waals surface area (Å²) < 4.78 is 10.7. The summed E-state index contributed by atoms with van der Waals surface area (Å²) in [5.74, 6) is 4.24. The first-order valence-corrected chi connectivity index (χ1v) is 6.49. The molecule has 3 nitrogen and oxygen atoms in total. The SMILES string of the molecule is C#Cc1cccc(NC(C)c2ccc3c(c2)OCO3)c1. The van der Waals surface area contributed by atoms with Crippen LogP contribution in [0.5, 0.6) is 11.5 Å². The molecule has 2 aromatic rings. The fraction of sp³-hybridized carbons (Fsp3) is 0.176. The Kier molecular flexibility index (Phi) is 3.22. The van der Waals surface area contributed by atoms with Crippen LogP contribution in [-0.4, -0.2) is 6.79 Å². The molecule has 0 aliphatic carbocycles. The summed E-state index contributed by atoms with van der Waals surface area (Å²) >= 11 is 0. The highest BCUT2D eigenvalue weighted by atomic mass is 16.7. The second-order valence-corrected chi connectivity index (χ2v) is 4.70. The Balaban J connectivity index is 1.79. The maximum Gasteiger partial charge on any atom is 0.231 e. The van der Waals surface area contributed by atoms with E-state index in [1.807, 2.05) is 42.5 Å². The summed E-state index contributed by atoms with van der Waals surface area (Å²) in [6.07, 6.45) is 5.41. The molecule has 1 unspecified atom stereocenters. The van der Waals surface area contributed by atoms with Crippen molar-refractivity contribution in [2.45, 2.75) is 13.0 Å². The zero-order valence-corrected chi connectivity index (χ0v) is 11.2. The molecule has 2 aromatic carbocycles. The van der Waals surface area contributed by atoms with Crippen molar-refractivity contribution in [3.05, 3.63) is 53.6 Å². The van der Waals surface area contributed by atoms with E-state index in [2.05, 4.69) is 18.2 Å². The Labute approximate surface area is 118 Å². The van der Waals surface area contributed by atoms with E-state index in [4.69, 9.17) is 15.9 Å². The van der Waals surface area contributed by atoms with E-state index in [0.717, 1.165) is 28.3 Å². The number of terminal acetylenes is 1. The topological polar surface area (TPSA) is 30.5 Å². The van der Waals surface area contributed by atoms with Gasteiger partial charge in [0, 0.05) is 17.3 Å². The second-order valence-electron chi connectivity index (χ2n) is 4.70. The van der Waals surface area contributed by atoms with E-state index < -0.39 is 0 Å². The highest BCUT2D eigenvalue weighted by molar-refractivity contribution is 5.52. The minimum Gasteiger partial charge on any atom is -0.454 e. The predicted molar refractivity (Wildman–Crippen MR) is 79.0 cm³/mol. The van der Waals surface area contributed by atoms with Crippen molar-refractivity contribution in [1.29, 1.82) is 0 Å². The van der Waals surface area contributed by atoms with Gasteiger partial charge in [0.15, 0.2) is 11.5 Å². The average molecular weight is 265 g/mol. The van der Waals surface area contributed by atoms with E-state index in [0.29, 0.717) is 6.79 Å². The third-order valence-corrected chi connectivity index (χ3v) is 3.31. The lowest BCUT2D eigenvalue weighted by Crippen LogP contribution is -2.06. The molecule has 0 saturated carbocycles. The second kappa shape index (κ2) is 5.18. The number of nitrogens with one attached hydrogen (secondary N) is 1. The van der Waals surface area contributed by atoms with Crippen LogP contribution in [-0.2, 0) is 0 Å². The lowest BCUT2D eigenvalue weighted by Gasteiger charge is -2.16. The Morgan fingerprint density at radius 3 is 2.85 bits per heavy atom. The summed E-state index contributed by atoms with van der Waals surface area (Å²) in [6, 6.07) is 14.0. The quantitative estimate of drug-likeness (QED) is 0.861. The molecular formula is C17H15NO2. The maximum absolute atomic E-state index is 5.41. The van der Waals surface area contributed by atoms with Gasteiger partial charge in [-0.05, 0) is 42.8 Å². The summed E-state index contributed by atoms with van der Waals surface area (Å²) in [7, 11) is 0. The van der Waals surface area contributed by atoms with Crippen LogP contribution >= 0.6 is 0 Å². The minimum atomic E-state index is 0.150. The van der Waals surface area contributed by atoms with E-state index >= 15 is 0 Å². The zero-order chi connectivity index (χ0) is 13.9. The first-order valence-electron chi connectivity index (χ1n) is 6.49. The fourth-order valence-electron chi connectivity index (χ4n) is 2.21. The fourth-order valence-corrected chi connectivity index (χ4v) is 2.21. The Bertz CT molecular complexity index is 673. The minimum absolute atomic E-state index is 0.150. The Morgan fingerprint density at radius 1 is 1.15 bits per heavy atom. The number of fused-ring (bicyclic) bond motifs is 1. The Hall–Kier alpha value is -2.60. The normalized spacial score (nSPS) is 13.6. The standard InChI is InChI=1S/C17H15NO2/c1-3-13-5-4-6-15(9-13)18-12(2)14-7-8-16-17(10-14)20-11-19-16/h1,4-10,12,18H,11H2,2H3. The molecule has 0 fully saturated rings. The molecule has 20 heavy (non-hydrogen) atoms. The number of hydrogen-bond donors (Lipinski definition) is 1. The highest BCUT2D eigenvalue weighted by Crippen LogP contribution is 2.34. The molecule has 1 N–H and O–H groups in total. The van der Waals surface area contributed by atoms with Crippen molar-refractivity contribution in [3.8, 4) is 23.8 Å². The Morgan fingerprint density at radius 2 is 2.00 bits per heavy atom. The van der Waals surface area contributed by atoms with Gasteiger partial charge in [-0.3, -0.25) is 0 Å². The number of benzene rings is 2. The third-order valence-electron chi connectivity index (χ3n) is 3.31. The molecule has 0 bridgehead atoms. The lowest BCUT2D eigenvalue weighted by molar-refractivity contribution is 0.174. The molecule has 3 heteroatoms. The molecule has 0 amide bonds. The molecule has 0 saturated heterocycles. The van der Waals surface area contributed by atoms with Gasteiger partial charge in [0.25, 0.3) is 0 Å². The van der Waals surface area contributed by atoms with Gasteiger partial charge in [-0.15, -0.1) is 6.42 Å². The van der Waals surface area contributed by atoms with Gasteiger partial charge < -0.3 is 14.8 Å². The van der Waals surface area contributed by atoms with Crippen LogP contribution in [0.4, 0.5) is 5.69 Å². The first-order chi connectivity index (χ1) is 9.76. The predicted octanol–water partition coefficient (Wildman–Crippen LogP) is 3.57. The van der Waals surface area contributed by atoms with Crippen LogP contribution in [0.3, 0.4) is 0 Å². The number of anilines is 1. The van der Waals surface area contributed by atoms with Gasteiger partial charge in [0.05, 0.1) is 0 Å². The van der Waals surface area contributed by atoms with E-state index in [1.165, 1.54) is 0 Å². The highest BCUT2D eigenvalue weighted by Gasteiger charge is 2.15. The third kappa shape index (κ3) is 2.41. The van der Waals surface area contributed by atoms with Gasteiger partial charge in [-0.2, -0.15) is 0 Å². The molecule has 0 aromatic heterocycles. The molecular weight excluding hydrogens is 250 g/mol. The largest absolute Gasteiger partial charge is 0.454 e. The molecule has 100 valence electrons. The van der Waals surface area contributed by atoms with Gasteiger partial charge >= 0.3 is 0 Å². The monoisotopic (exact) mass is 265 g/mol. The smallest absolute Gasteiger partial charge is 0.231 e. The molecule has 1 aliphatic heterocycles. The van der Waals surface area contributed by atoms with Crippen LogP contribution in [0.1, 0.15) is 24.1 Å². The van der Waals surface area contributed by atoms with Crippen LogP contribution < -0.4 is 14.8 Å². The van der Waals surface area contributed by atoms with Gasteiger partial charge in [0.1, 0.15) is 0 Å². The van der Waals surface area contributed by atoms with E-state index in [-0.39, 0.29) is 6.04 Å². The van der Waals surface area contributed by atoms with E-state index in [1.54, 1.807) is 0 Å². The summed E-state index contributed by atoms with van der Waals surface area (Å²) in [4.78, 5) is 0. The number of ether oxygens (including phenoxy) is 2. The van der Waals surface area contributed by atoms with Crippen LogP contribution in [0, 0.1) is 12.3 Å². The molecule has 0 spiro atoms. The summed E-state index contributed by atoms with van der Waals surface area (Å²) in [5.41, 5.74) is 3.01. The molecule has 1 aliphatic rings. The average Bonchev–Trinajstić information content (AvgIpc) is 2.94. The van der Waals surface area contributed by atoms with Crippen molar-refractivity contribution in [1.82, 2.24) is 0 Å². The van der Waals surface area contributed by atoms with Crippen molar-refractivity contribution in [2.24, 2.45) is 0 Å². The summed E-state index contributed by atoms with van der Waals surface area (Å²) in [5, 5.41) is 3.43. The van der Waals surface area contributed by atoms with E-state index in [9.17, 15) is 0 Å². The first kappa shape index (κ1) is 12.4. The van der Waals surface area contributed by atoms with Crippen LogP contribution in [0.15, 0.2) is 42.5 Å². The lowest BCUT2D eigenvalue weighted by atomic mass is 10.1. The molecule has 3 rings (SSSR count). The van der Waals surface area contributed by atoms with Crippen molar-refractivity contribution in [3.63, 3.8) is 0 Å². The van der Waals surface area contributed by atoms with Crippen molar-refractivity contribution < 1.29 is 9.47 Å².